The van der Waals surface area contributed by atoms with Gasteiger partial charge in [-0.1, -0.05) is 35.5 Å². The van der Waals surface area contributed by atoms with Gasteiger partial charge in [0.2, 0.25) is 0 Å². The molecule has 19 heavy (non-hydrogen) atoms. The van der Waals surface area contributed by atoms with E-state index in [2.05, 4.69) is 14.7 Å². The van der Waals surface area contributed by atoms with E-state index in [1.807, 2.05) is 12.1 Å². The highest BCUT2D eigenvalue weighted by molar-refractivity contribution is 7.98. The number of carbonyl (C=O) groups excluding carboxylic acids is 1. The van der Waals surface area contributed by atoms with Crippen molar-refractivity contribution in [1.82, 2.24) is 9.97 Å². The molecule has 0 atom stereocenters. The van der Waals surface area contributed by atoms with Gasteiger partial charge in [-0.3, -0.25) is 0 Å². The lowest BCUT2D eigenvalue weighted by atomic mass is 10.1. The van der Waals surface area contributed by atoms with Crippen molar-refractivity contribution in [3.8, 4) is 0 Å². The van der Waals surface area contributed by atoms with E-state index in [4.69, 9.17) is 11.6 Å². The first-order valence-corrected chi connectivity index (χ1v) is 6.84. The lowest BCUT2D eigenvalue weighted by molar-refractivity contribution is 0.0600. The molecule has 98 valence electrons. The molecule has 4 nitrogen and oxygen atoms in total. The molecule has 2 rings (SSSR count). The molecule has 6 heteroatoms. The van der Waals surface area contributed by atoms with Crippen LogP contribution < -0.4 is 0 Å². The summed E-state index contributed by atoms with van der Waals surface area (Å²) >= 11 is 7.27. The van der Waals surface area contributed by atoms with E-state index in [0.717, 1.165) is 5.56 Å². The number of benzene rings is 1. The van der Waals surface area contributed by atoms with E-state index in [1.165, 1.54) is 18.9 Å². The fraction of sp³-hybridized carbons (Fsp3) is 0.154. The summed E-state index contributed by atoms with van der Waals surface area (Å²) in [6.07, 6.45) is 1.62. The van der Waals surface area contributed by atoms with Crippen molar-refractivity contribution >= 4 is 29.3 Å². The van der Waals surface area contributed by atoms with Crippen molar-refractivity contribution in [3.63, 3.8) is 0 Å². The van der Waals surface area contributed by atoms with Crippen LogP contribution in [0.3, 0.4) is 0 Å². The second-order valence-electron chi connectivity index (χ2n) is 3.64. The van der Waals surface area contributed by atoms with Crippen LogP contribution in [0, 0.1) is 0 Å². The zero-order valence-electron chi connectivity index (χ0n) is 10.2. The van der Waals surface area contributed by atoms with Crippen LogP contribution in [0.25, 0.3) is 0 Å². The van der Waals surface area contributed by atoms with Gasteiger partial charge < -0.3 is 4.74 Å². The highest BCUT2D eigenvalue weighted by Crippen LogP contribution is 2.20. The average Bonchev–Trinajstić information content (AvgIpc) is 2.45. The van der Waals surface area contributed by atoms with Crippen molar-refractivity contribution < 1.29 is 9.53 Å². The van der Waals surface area contributed by atoms with Crippen molar-refractivity contribution in [2.75, 3.05) is 7.11 Å². The van der Waals surface area contributed by atoms with Gasteiger partial charge in [0.05, 0.1) is 12.7 Å². The minimum absolute atomic E-state index is 0.336. The van der Waals surface area contributed by atoms with Crippen LogP contribution in [0.5, 0.6) is 0 Å². The molecule has 0 bridgehead atoms. The van der Waals surface area contributed by atoms with Crippen LogP contribution in [0.2, 0.25) is 5.15 Å². The monoisotopic (exact) mass is 294 g/mol. The third kappa shape index (κ3) is 3.94. The number of hydrogen-bond donors (Lipinski definition) is 0. The Balaban J connectivity index is 1.98. The third-order valence-electron chi connectivity index (χ3n) is 2.34. The Labute approximate surface area is 120 Å². The Morgan fingerprint density at radius 3 is 2.68 bits per heavy atom. The number of esters is 1. The van der Waals surface area contributed by atoms with Crippen LogP contribution in [0.1, 0.15) is 15.9 Å². The van der Waals surface area contributed by atoms with Crippen LogP contribution in [0.4, 0.5) is 0 Å². The zero-order chi connectivity index (χ0) is 13.7. The molecule has 0 N–H and O–H groups in total. The lowest BCUT2D eigenvalue weighted by Crippen LogP contribution is -2.00. The number of aromatic nitrogens is 2. The topological polar surface area (TPSA) is 52.1 Å². The molecule has 1 heterocycles. The molecule has 0 aliphatic rings. The minimum atomic E-state index is -0.336. The molecule has 0 saturated heterocycles. The number of rotatable bonds is 4. The maximum atomic E-state index is 11.3. The van der Waals surface area contributed by atoms with E-state index in [0.29, 0.717) is 21.6 Å². The molecule has 2 aromatic rings. The van der Waals surface area contributed by atoms with Crippen LogP contribution in [-0.2, 0) is 10.5 Å². The summed E-state index contributed by atoms with van der Waals surface area (Å²) in [6.45, 7) is 0. The third-order valence-corrected chi connectivity index (χ3v) is 3.49. The van der Waals surface area contributed by atoms with Gasteiger partial charge in [0.1, 0.15) is 5.15 Å². The second kappa shape index (κ2) is 6.54. The first-order valence-electron chi connectivity index (χ1n) is 5.47. The number of carbonyl (C=O) groups is 1. The highest BCUT2D eigenvalue weighted by Gasteiger charge is 2.05. The van der Waals surface area contributed by atoms with Gasteiger partial charge in [0.15, 0.2) is 5.16 Å². The molecule has 0 aliphatic carbocycles. The summed E-state index contributed by atoms with van der Waals surface area (Å²) in [6, 6.07) is 8.87. The Bertz CT molecular complexity index is 575. The molecule has 0 amide bonds. The fourth-order valence-electron chi connectivity index (χ4n) is 1.39. The summed E-state index contributed by atoms with van der Waals surface area (Å²) in [5.41, 5.74) is 1.61. The highest BCUT2D eigenvalue weighted by atomic mass is 35.5. The van der Waals surface area contributed by atoms with Crippen molar-refractivity contribution in [3.05, 3.63) is 52.8 Å². The summed E-state index contributed by atoms with van der Waals surface area (Å²) in [4.78, 5) is 19.5. The van der Waals surface area contributed by atoms with Crippen LogP contribution in [0.15, 0.2) is 41.7 Å². The Kier molecular flexibility index (Phi) is 4.76. The number of nitrogens with zero attached hydrogens (tertiary/aromatic N) is 2. The summed E-state index contributed by atoms with van der Waals surface area (Å²) in [5, 5.41) is 1.06. The number of thioether (sulfide) groups is 1. The van der Waals surface area contributed by atoms with Crippen molar-refractivity contribution in [2.24, 2.45) is 0 Å². The van der Waals surface area contributed by atoms with E-state index < -0.39 is 0 Å². The predicted molar refractivity (Wildman–Crippen MR) is 74.4 cm³/mol. The fourth-order valence-corrected chi connectivity index (χ4v) is 2.37. The van der Waals surface area contributed by atoms with Gasteiger partial charge >= 0.3 is 5.97 Å². The molecular weight excluding hydrogens is 284 g/mol. The number of halogens is 1. The number of ether oxygens (including phenoxy) is 1. The maximum absolute atomic E-state index is 11.3. The molecular formula is C13H11ClN2O2S. The van der Waals surface area contributed by atoms with E-state index in [-0.39, 0.29) is 5.97 Å². The smallest absolute Gasteiger partial charge is 0.337 e. The van der Waals surface area contributed by atoms with E-state index in [1.54, 1.807) is 24.4 Å². The average molecular weight is 295 g/mol. The molecule has 1 aromatic carbocycles. The predicted octanol–water partition coefficient (Wildman–Crippen LogP) is 3.21. The molecule has 0 aliphatic heterocycles. The van der Waals surface area contributed by atoms with Crippen LogP contribution >= 0.6 is 23.4 Å². The normalized spacial score (nSPS) is 10.2. The Morgan fingerprint density at radius 2 is 2.05 bits per heavy atom. The van der Waals surface area contributed by atoms with Gasteiger partial charge in [0, 0.05) is 11.9 Å². The maximum Gasteiger partial charge on any atom is 0.337 e. The quantitative estimate of drug-likeness (QED) is 0.375. The van der Waals surface area contributed by atoms with Gasteiger partial charge in [-0.25, -0.2) is 14.8 Å². The van der Waals surface area contributed by atoms with Crippen LogP contribution in [-0.4, -0.2) is 23.0 Å². The first kappa shape index (κ1) is 13.8. The standard InChI is InChI=1S/C13H11ClN2O2S/c1-18-12(17)10-4-2-9(3-5-10)8-19-13-15-7-6-11(14)16-13/h2-7H,8H2,1H3. The zero-order valence-corrected chi connectivity index (χ0v) is 11.7. The molecule has 0 radical (unpaired) electrons. The molecule has 0 saturated carbocycles. The van der Waals surface area contributed by atoms with E-state index >= 15 is 0 Å². The molecule has 0 unspecified atom stereocenters. The Hall–Kier alpha value is -1.59. The number of hydrogen-bond acceptors (Lipinski definition) is 5. The SMILES string of the molecule is COC(=O)c1ccc(CSc2nccc(Cl)n2)cc1. The summed E-state index contributed by atoms with van der Waals surface area (Å²) in [5.74, 6) is 0.374. The summed E-state index contributed by atoms with van der Waals surface area (Å²) < 4.78 is 4.64. The van der Waals surface area contributed by atoms with Crippen molar-refractivity contribution in [2.45, 2.75) is 10.9 Å². The molecule has 0 spiro atoms. The second-order valence-corrected chi connectivity index (χ2v) is 4.97. The van der Waals surface area contributed by atoms with Gasteiger partial charge in [0.25, 0.3) is 0 Å². The Morgan fingerprint density at radius 1 is 1.32 bits per heavy atom. The van der Waals surface area contributed by atoms with E-state index in [9.17, 15) is 4.79 Å². The first-order chi connectivity index (χ1) is 9.19. The molecule has 0 fully saturated rings. The van der Waals surface area contributed by atoms with Gasteiger partial charge in [-0.15, -0.1) is 0 Å². The van der Waals surface area contributed by atoms with Crippen molar-refractivity contribution in [1.29, 1.82) is 0 Å². The summed E-state index contributed by atoms with van der Waals surface area (Å²) in [7, 11) is 1.36. The molecule has 1 aromatic heterocycles. The van der Waals surface area contributed by atoms with Gasteiger partial charge in [-0.05, 0) is 23.8 Å². The number of methoxy groups -OCH3 is 1. The minimum Gasteiger partial charge on any atom is -0.465 e. The van der Waals surface area contributed by atoms with Gasteiger partial charge in [-0.2, -0.15) is 0 Å². The largest absolute Gasteiger partial charge is 0.465 e. The lowest BCUT2D eigenvalue weighted by Gasteiger charge is -2.03.